The van der Waals surface area contributed by atoms with Crippen molar-refractivity contribution < 1.29 is 27.4 Å². The second-order valence-corrected chi connectivity index (χ2v) is 6.49. The highest BCUT2D eigenvalue weighted by atomic mass is 19.4. The zero-order chi connectivity index (χ0) is 20.9. The van der Waals surface area contributed by atoms with Gasteiger partial charge in [-0.25, -0.2) is 4.79 Å². The van der Waals surface area contributed by atoms with Crippen LogP contribution in [-0.2, 0) is 17.5 Å². The van der Waals surface area contributed by atoms with Crippen LogP contribution < -0.4 is 20.3 Å². The molecule has 9 heteroatoms. The molecule has 1 aliphatic heterocycles. The van der Waals surface area contributed by atoms with Crippen molar-refractivity contribution in [3.63, 3.8) is 0 Å². The largest absolute Gasteiger partial charge is 0.497 e. The van der Waals surface area contributed by atoms with Gasteiger partial charge in [-0.15, -0.1) is 0 Å². The molecule has 0 saturated carbocycles. The number of carbonyl (C=O) groups is 1. The Balaban J connectivity index is 1.75. The maximum absolute atomic E-state index is 13.1. The van der Waals surface area contributed by atoms with Crippen LogP contribution in [0.15, 0.2) is 42.5 Å². The minimum absolute atomic E-state index is 0.102. The molecule has 6 nitrogen and oxygen atoms in total. The second-order valence-electron chi connectivity index (χ2n) is 6.49. The molecular weight excluding hydrogens is 387 g/mol. The van der Waals surface area contributed by atoms with Crippen molar-refractivity contribution in [1.82, 2.24) is 5.32 Å². The Hall–Kier alpha value is -2.94. The average molecular weight is 409 g/mol. The van der Waals surface area contributed by atoms with Gasteiger partial charge in [0.1, 0.15) is 5.75 Å². The van der Waals surface area contributed by atoms with Crippen molar-refractivity contribution in [1.29, 1.82) is 0 Å². The summed E-state index contributed by atoms with van der Waals surface area (Å²) in [6.07, 6.45) is -4.50. The van der Waals surface area contributed by atoms with Crippen LogP contribution in [-0.4, -0.2) is 39.4 Å². The van der Waals surface area contributed by atoms with Gasteiger partial charge in [-0.05, 0) is 35.9 Å². The van der Waals surface area contributed by atoms with E-state index in [0.717, 1.165) is 17.7 Å². The van der Waals surface area contributed by atoms with Gasteiger partial charge in [0, 0.05) is 19.6 Å². The van der Waals surface area contributed by atoms with Crippen LogP contribution >= 0.6 is 0 Å². The van der Waals surface area contributed by atoms with Crippen LogP contribution in [0.3, 0.4) is 0 Å². The quantitative estimate of drug-likeness (QED) is 0.787. The number of alkyl halides is 3. The molecule has 29 heavy (non-hydrogen) atoms. The lowest BCUT2D eigenvalue weighted by molar-refractivity contribution is -0.137. The summed E-state index contributed by atoms with van der Waals surface area (Å²) in [6, 6.07) is 9.90. The van der Waals surface area contributed by atoms with Crippen LogP contribution in [0.4, 0.5) is 29.3 Å². The first kappa shape index (κ1) is 20.8. The molecular formula is C20H22F3N3O3. The molecule has 3 rings (SSSR count). The van der Waals surface area contributed by atoms with E-state index in [4.69, 9.17) is 9.47 Å². The standard InChI is InChI=1S/C20H22F3N3O3/c1-28-16-4-2-3-14(11-16)13-24-19(27)25-17-12-15(20(21,22)23)5-6-18(17)26-7-9-29-10-8-26/h2-6,11-12H,7-10,13H2,1H3,(H2,24,25,27). The van der Waals surface area contributed by atoms with E-state index in [2.05, 4.69) is 10.6 Å². The molecule has 2 N–H and O–H groups in total. The van der Waals surface area contributed by atoms with E-state index in [1.807, 2.05) is 11.0 Å². The minimum atomic E-state index is -4.50. The number of amides is 2. The number of methoxy groups -OCH3 is 1. The summed E-state index contributed by atoms with van der Waals surface area (Å²) in [5, 5.41) is 5.21. The van der Waals surface area contributed by atoms with Gasteiger partial charge in [0.2, 0.25) is 0 Å². The van der Waals surface area contributed by atoms with Crippen LogP contribution in [0.2, 0.25) is 0 Å². The van der Waals surface area contributed by atoms with E-state index in [1.165, 1.54) is 6.07 Å². The van der Waals surface area contributed by atoms with Gasteiger partial charge < -0.3 is 25.0 Å². The number of anilines is 2. The normalized spacial score (nSPS) is 14.4. The van der Waals surface area contributed by atoms with E-state index in [1.54, 1.807) is 25.3 Å². The Bertz CT molecular complexity index is 852. The molecule has 2 amide bonds. The monoisotopic (exact) mass is 409 g/mol. The van der Waals surface area contributed by atoms with Gasteiger partial charge >= 0.3 is 12.2 Å². The number of hydrogen-bond donors (Lipinski definition) is 2. The predicted octanol–water partition coefficient (Wildman–Crippen LogP) is 3.87. The molecule has 0 atom stereocenters. The third-order valence-corrected chi connectivity index (χ3v) is 4.51. The summed E-state index contributed by atoms with van der Waals surface area (Å²) in [6.45, 7) is 2.22. The lowest BCUT2D eigenvalue weighted by atomic mass is 10.1. The van der Waals surface area contributed by atoms with E-state index < -0.39 is 17.8 Å². The number of benzene rings is 2. The lowest BCUT2D eigenvalue weighted by Crippen LogP contribution is -2.37. The first-order valence-electron chi connectivity index (χ1n) is 9.08. The number of nitrogens with zero attached hydrogens (tertiary/aromatic N) is 1. The van der Waals surface area contributed by atoms with Crippen LogP contribution in [0.1, 0.15) is 11.1 Å². The second kappa shape index (κ2) is 9.04. The molecule has 0 spiro atoms. The first-order chi connectivity index (χ1) is 13.9. The van der Waals surface area contributed by atoms with Crippen LogP contribution in [0.25, 0.3) is 0 Å². The Labute approximate surface area is 166 Å². The fourth-order valence-corrected chi connectivity index (χ4v) is 3.02. The summed E-state index contributed by atoms with van der Waals surface area (Å²) >= 11 is 0. The molecule has 1 aliphatic rings. The lowest BCUT2D eigenvalue weighted by Gasteiger charge is -2.31. The van der Waals surface area contributed by atoms with Crippen molar-refractivity contribution in [2.75, 3.05) is 43.6 Å². The van der Waals surface area contributed by atoms with Gasteiger partial charge in [-0.2, -0.15) is 13.2 Å². The Kier molecular flexibility index (Phi) is 6.48. The number of hydrogen-bond acceptors (Lipinski definition) is 4. The maximum atomic E-state index is 13.1. The van der Waals surface area contributed by atoms with Crippen molar-refractivity contribution in [2.45, 2.75) is 12.7 Å². The molecule has 0 bridgehead atoms. The minimum Gasteiger partial charge on any atom is -0.497 e. The highest BCUT2D eigenvalue weighted by Gasteiger charge is 2.31. The van der Waals surface area contributed by atoms with Gasteiger partial charge in [0.05, 0.1) is 37.3 Å². The smallest absolute Gasteiger partial charge is 0.416 e. The summed E-state index contributed by atoms with van der Waals surface area (Å²) < 4.78 is 49.9. The predicted molar refractivity (Wildman–Crippen MR) is 103 cm³/mol. The average Bonchev–Trinajstić information content (AvgIpc) is 2.72. The molecule has 1 heterocycles. The maximum Gasteiger partial charge on any atom is 0.416 e. The van der Waals surface area contributed by atoms with Gasteiger partial charge in [0.15, 0.2) is 0 Å². The summed E-state index contributed by atoms with van der Waals surface area (Å²) in [4.78, 5) is 14.2. The van der Waals surface area contributed by atoms with E-state index in [9.17, 15) is 18.0 Å². The fourth-order valence-electron chi connectivity index (χ4n) is 3.02. The molecule has 0 aromatic heterocycles. The van der Waals surface area contributed by atoms with Crippen LogP contribution in [0.5, 0.6) is 5.75 Å². The van der Waals surface area contributed by atoms with Gasteiger partial charge in [-0.3, -0.25) is 0 Å². The number of nitrogens with one attached hydrogen (secondary N) is 2. The van der Waals surface area contributed by atoms with Crippen molar-refractivity contribution in [3.8, 4) is 5.75 Å². The number of morpholine rings is 1. The van der Waals surface area contributed by atoms with Crippen molar-refractivity contribution >= 4 is 17.4 Å². The zero-order valence-electron chi connectivity index (χ0n) is 15.9. The topological polar surface area (TPSA) is 62.8 Å². The van der Waals surface area contributed by atoms with E-state index >= 15 is 0 Å². The summed E-state index contributed by atoms with van der Waals surface area (Å²) in [5.74, 6) is 0.650. The Morgan fingerprint density at radius 2 is 1.93 bits per heavy atom. The number of ether oxygens (including phenoxy) is 2. The highest BCUT2D eigenvalue weighted by molar-refractivity contribution is 5.93. The number of urea groups is 1. The third kappa shape index (κ3) is 5.54. The number of rotatable bonds is 5. The first-order valence-corrected chi connectivity index (χ1v) is 9.08. The molecule has 2 aromatic carbocycles. The third-order valence-electron chi connectivity index (χ3n) is 4.51. The molecule has 1 saturated heterocycles. The highest BCUT2D eigenvalue weighted by Crippen LogP contribution is 2.35. The molecule has 0 aliphatic carbocycles. The molecule has 2 aromatic rings. The Morgan fingerprint density at radius 1 is 1.17 bits per heavy atom. The molecule has 1 fully saturated rings. The Morgan fingerprint density at radius 3 is 2.62 bits per heavy atom. The molecule has 0 radical (unpaired) electrons. The SMILES string of the molecule is COc1cccc(CNC(=O)Nc2cc(C(F)(F)F)ccc2N2CCOCC2)c1. The van der Waals surface area contributed by atoms with Gasteiger partial charge in [0.25, 0.3) is 0 Å². The summed E-state index contributed by atoms with van der Waals surface area (Å²) in [7, 11) is 1.54. The van der Waals surface area contributed by atoms with Crippen molar-refractivity contribution in [2.24, 2.45) is 0 Å². The molecule has 156 valence electrons. The van der Waals surface area contributed by atoms with E-state index in [-0.39, 0.29) is 12.2 Å². The number of carbonyl (C=O) groups excluding carboxylic acids is 1. The zero-order valence-corrected chi connectivity index (χ0v) is 15.9. The summed E-state index contributed by atoms with van der Waals surface area (Å²) in [5.41, 5.74) is 0.609. The van der Waals surface area contributed by atoms with E-state index in [0.29, 0.717) is 37.7 Å². The van der Waals surface area contributed by atoms with Crippen molar-refractivity contribution in [3.05, 3.63) is 53.6 Å². The van der Waals surface area contributed by atoms with Gasteiger partial charge in [-0.1, -0.05) is 12.1 Å². The molecule has 0 unspecified atom stereocenters. The number of halogens is 3. The van der Waals surface area contributed by atoms with Crippen LogP contribution in [0, 0.1) is 0 Å². The fraction of sp³-hybridized carbons (Fsp3) is 0.350.